The minimum Gasteiger partial charge on any atom is -0.492 e. The van der Waals surface area contributed by atoms with Gasteiger partial charge in [0.05, 0.1) is 0 Å². The molecule has 0 aliphatic heterocycles. The van der Waals surface area contributed by atoms with Gasteiger partial charge in [-0.25, -0.2) is 0 Å². The Labute approximate surface area is 191 Å². The van der Waals surface area contributed by atoms with Gasteiger partial charge in [0.1, 0.15) is 12.2 Å². The smallest absolute Gasteiger partial charge is 0.294 e. The zero-order valence-electron chi connectivity index (χ0n) is 18.3. The molecule has 0 saturated heterocycles. The van der Waals surface area contributed by atoms with Crippen molar-refractivity contribution in [2.45, 2.75) is 44.9 Å². The Morgan fingerprint density at radius 1 is 1.15 bits per heavy atom. The molecule has 3 aromatic rings. The van der Waals surface area contributed by atoms with Crippen molar-refractivity contribution >= 4 is 17.4 Å². The lowest BCUT2D eigenvalue weighted by Gasteiger charge is -2.27. The molecule has 2 aromatic carbocycles. The van der Waals surface area contributed by atoms with Gasteiger partial charge in [0.25, 0.3) is 5.56 Å². The Balaban J connectivity index is 1.61. The van der Waals surface area contributed by atoms with Gasteiger partial charge in [-0.2, -0.15) is 4.98 Å². The molecule has 4 rings (SSSR count). The standard InChI is InChI=1S/C24H28N6O3/c25-12-15-7-9-16(10-8-15)13-27-20(31)14-30-21(17-3-1-4-18(26)11-17)23(32)29-22(24(30)33)28-19-5-2-6-19/h1,3-4,7-11,19,32H,2,5-6,12-14,25-26H2,(H,27,31)(H,28,29). The van der Waals surface area contributed by atoms with Crippen molar-refractivity contribution in [2.24, 2.45) is 5.73 Å². The summed E-state index contributed by atoms with van der Waals surface area (Å²) in [6.07, 6.45) is 2.94. The third-order valence-electron chi connectivity index (χ3n) is 5.80. The molecule has 33 heavy (non-hydrogen) atoms. The van der Waals surface area contributed by atoms with E-state index in [0.717, 1.165) is 30.4 Å². The first-order valence-corrected chi connectivity index (χ1v) is 11.0. The number of aromatic hydroxyl groups is 1. The molecule has 172 valence electrons. The summed E-state index contributed by atoms with van der Waals surface area (Å²) < 4.78 is 1.24. The second kappa shape index (κ2) is 9.74. The lowest BCUT2D eigenvalue weighted by Crippen LogP contribution is -2.37. The molecule has 1 fully saturated rings. The predicted molar refractivity (Wildman–Crippen MR) is 127 cm³/mol. The van der Waals surface area contributed by atoms with Crippen molar-refractivity contribution in [3.8, 4) is 17.1 Å². The van der Waals surface area contributed by atoms with Gasteiger partial charge in [0, 0.05) is 30.4 Å². The van der Waals surface area contributed by atoms with E-state index >= 15 is 0 Å². The number of carbonyl (C=O) groups is 1. The van der Waals surface area contributed by atoms with Crippen LogP contribution in [-0.2, 0) is 24.4 Å². The molecule has 1 aliphatic rings. The highest BCUT2D eigenvalue weighted by Crippen LogP contribution is 2.29. The van der Waals surface area contributed by atoms with Crippen molar-refractivity contribution in [3.05, 3.63) is 70.0 Å². The Bertz CT molecular complexity index is 1200. The molecule has 0 spiro atoms. The van der Waals surface area contributed by atoms with E-state index in [1.165, 1.54) is 4.57 Å². The number of aromatic nitrogens is 2. The van der Waals surface area contributed by atoms with E-state index in [9.17, 15) is 14.7 Å². The lowest BCUT2D eigenvalue weighted by atomic mass is 9.93. The van der Waals surface area contributed by atoms with Gasteiger partial charge in [0.2, 0.25) is 11.8 Å². The molecule has 0 radical (unpaired) electrons. The Hall–Kier alpha value is -3.85. The Morgan fingerprint density at radius 2 is 1.88 bits per heavy atom. The van der Waals surface area contributed by atoms with Crippen LogP contribution in [0.3, 0.4) is 0 Å². The molecule has 1 aromatic heterocycles. The normalized spacial score (nSPS) is 13.4. The molecule has 1 saturated carbocycles. The highest BCUT2D eigenvalue weighted by atomic mass is 16.3. The number of nitrogens with zero attached hydrogens (tertiary/aromatic N) is 2. The third kappa shape index (κ3) is 5.15. The molecule has 0 unspecified atom stereocenters. The molecule has 9 heteroatoms. The number of amides is 1. The fourth-order valence-electron chi connectivity index (χ4n) is 3.71. The van der Waals surface area contributed by atoms with Crippen LogP contribution >= 0.6 is 0 Å². The molecule has 0 atom stereocenters. The number of anilines is 2. The van der Waals surface area contributed by atoms with Crippen LogP contribution in [0.15, 0.2) is 53.3 Å². The zero-order valence-corrected chi connectivity index (χ0v) is 18.3. The van der Waals surface area contributed by atoms with Gasteiger partial charge in [-0.05, 0) is 42.5 Å². The summed E-state index contributed by atoms with van der Waals surface area (Å²) >= 11 is 0. The van der Waals surface area contributed by atoms with Crippen LogP contribution in [-0.4, -0.2) is 26.6 Å². The van der Waals surface area contributed by atoms with Gasteiger partial charge in [-0.1, -0.05) is 36.4 Å². The van der Waals surface area contributed by atoms with Crippen molar-refractivity contribution in [1.82, 2.24) is 14.9 Å². The quantitative estimate of drug-likeness (QED) is 0.331. The molecule has 1 aliphatic carbocycles. The summed E-state index contributed by atoms with van der Waals surface area (Å²) in [6, 6.07) is 14.5. The number of benzene rings is 2. The van der Waals surface area contributed by atoms with Crippen LogP contribution in [0, 0.1) is 0 Å². The second-order valence-electron chi connectivity index (χ2n) is 8.22. The van der Waals surface area contributed by atoms with Gasteiger partial charge in [-0.3, -0.25) is 14.2 Å². The predicted octanol–water partition coefficient (Wildman–Crippen LogP) is 1.94. The Morgan fingerprint density at radius 3 is 2.52 bits per heavy atom. The summed E-state index contributed by atoms with van der Waals surface area (Å²) in [6.45, 7) is 0.473. The van der Waals surface area contributed by atoms with E-state index in [2.05, 4.69) is 15.6 Å². The first-order valence-electron chi connectivity index (χ1n) is 11.0. The maximum absolute atomic E-state index is 13.3. The molecular weight excluding hydrogens is 420 g/mol. The molecule has 1 heterocycles. The number of hydrogen-bond acceptors (Lipinski definition) is 7. The summed E-state index contributed by atoms with van der Waals surface area (Å²) in [4.78, 5) is 30.2. The average Bonchev–Trinajstić information content (AvgIpc) is 2.78. The molecule has 1 amide bonds. The van der Waals surface area contributed by atoms with Crippen LogP contribution in [0.1, 0.15) is 30.4 Å². The molecule has 9 nitrogen and oxygen atoms in total. The SMILES string of the molecule is NCc1ccc(CNC(=O)Cn2c(-c3cccc(N)c3)c(O)nc(NC3CCC3)c2=O)cc1. The minimum absolute atomic E-state index is 0.0371. The van der Waals surface area contributed by atoms with E-state index in [1.807, 2.05) is 24.3 Å². The van der Waals surface area contributed by atoms with Crippen LogP contribution in [0.2, 0.25) is 0 Å². The lowest BCUT2D eigenvalue weighted by molar-refractivity contribution is -0.121. The van der Waals surface area contributed by atoms with E-state index in [4.69, 9.17) is 11.5 Å². The van der Waals surface area contributed by atoms with E-state index < -0.39 is 5.56 Å². The Kier molecular flexibility index (Phi) is 6.60. The fourth-order valence-corrected chi connectivity index (χ4v) is 3.71. The monoisotopic (exact) mass is 448 g/mol. The first-order chi connectivity index (χ1) is 15.9. The zero-order chi connectivity index (χ0) is 23.4. The highest BCUT2D eigenvalue weighted by Gasteiger charge is 2.24. The topological polar surface area (TPSA) is 148 Å². The summed E-state index contributed by atoms with van der Waals surface area (Å²) in [5.74, 6) is -0.674. The molecular formula is C24H28N6O3. The van der Waals surface area contributed by atoms with Gasteiger partial charge >= 0.3 is 0 Å². The van der Waals surface area contributed by atoms with Crippen LogP contribution < -0.4 is 27.7 Å². The number of hydrogen-bond donors (Lipinski definition) is 5. The summed E-state index contributed by atoms with van der Waals surface area (Å²) in [7, 11) is 0. The van der Waals surface area contributed by atoms with Crippen molar-refractivity contribution < 1.29 is 9.90 Å². The maximum atomic E-state index is 13.3. The highest BCUT2D eigenvalue weighted by molar-refractivity contribution is 5.78. The van der Waals surface area contributed by atoms with Crippen molar-refractivity contribution in [1.29, 1.82) is 0 Å². The van der Waals surface area contributed by atoms with Gasteiger partial charge < -0.3 is 27.2 Å². The maximum Gasteiger partial charge on any atom is 0.294 e. The minimum atomic E-state index is -0.473. The van der Waals surface area contributed by atoms with E-state index in [0.29, 0.717) is 24.3 Å². The number of rotatable bonds is 8. The van der Waals surface area contributed by atoms with Gasteiger partial charge in [-0.15, -0.1) is 0 Å². The first kappa shape index (κ1) is 22.3. The van der Waals surface area contributed by atoms with E-state index in [-0.39, 0.29) is 35.9 Å². The van der Waals surface area contributed by atoms with Crippen LogP contribution in [0.5, 0.6) is 5.88 Å². The largest absolute Gasteiger partial charge is 0.492 e. The van der Waals surface area contributed by atoms with Crippen molar-refractivity contribution in [2.75, 3.05) is 11.1 Å². The van der Waals surface area contributed by atoms with Crippen molar-refractivity contribution in [3.63, 3.8) is 0 Å². The number of carbonyl (C=O) groups excluding carboxylic acids is 1. The molecule has 7 N–H and O–H groups in total. The summed E-state index contributed by atoms with van der Waals surface area (Å²) in [5.41, 5.74) is 14.1. The second-order valence-corrected chi connectivity index (χ2v) is 8.22. The number of nitrogens with two attached hydrogens (primary N) is 2. The number of nitrogen functional groups attached to an aromatic ring is 1. The number of nitrogens with one attached hydrogen (secondary N) is 2. The van der Waals surface area contributed by atoms with E-state index in [1.54, 1.807) is 24.3 Å². The van der Waals surface area contributed by atoms with Crippen LogP contribution in [0.4, 0.5) is 11.5 Å². The summed E-state index contributed by atoms with van der Waals surface area (Å²) in [5, 5.41) is 16.6. The fraction of sp³-hybridized carbons (Fsp3) is 0.292. The molecule has 0 bridgehead atoms. The third-order valence-corrected chi connectivity index (χ3v) is 5.80. The average molecular weight is 449 g/mol. The van der Waals surface area contributed by atoms with Crippen LogP contribution in [0.25, 0.3) is 11.3 Å². The van der Waals surface area contributed by atoms with Gasteiger partial charge in [0.15, 0.2) is 5.82 Å².